The van der Waals surface area contributed by atoms with Crippen LogP contribution in [0.2, 0.25) is 0 Å². The summed E-state index contributed by atoms with van der Waals surface area (Å²) in [7, 11) is 0. The molecular weight excluding hydrogens is 134 g/mol. The second-order valence-electron chi connectivity index (χ2n) is 2.16. The minimum atomic E-state index is -1.00. The molecule has 0 amide bonds. The molecule has 0 spiro atoms. The highest BCUT2D eigenvalue weighted by molar-refractivity contribution is 5.73. The smallest absolute Gasteiger partial charge is 0.323 e. The van der Waals surface area contributed by atoms with Crippen LogP contribution in [0.15, 0.2) is 0 Å². The van der Waals surface area contributed by atoms with E-state index in [2.05, 4.69) is 0 Å². The van der Waals surface area contributed by atoms with Crippen LogP contribution in [-0.4, -0.2) is 22.3 Å². The van der Waals surface area contributed by atoms with Gasteiger partial charge >= 0.3 is 5.97 Å². The summed E-state index contributed by atoms with van der Waals surface area (Å²) in [6.45, 7) is 1.97. The molecule has 0 aliphatic rings. The van der Waals surface area contributed by atoms with Crippen molar-refractivity contribution in [3.63, 3.8) is 0 Å². The molecular formula is C6H13NO3. The van der Waals surface area contributed by atoms with E-state index in [1.54, 1.807) is 5.48 Å². The predicted molar refractivity (Wildman–Crippen MR) is 35.9 cm³/mol. The Morgan fingerprint density at radius 3 is 2.60 bits per heavy atom. The third-order valence-electron chi connectivity index (χ3n) is 1.30. The Labute approximate surface area is 59.8 Å². The zero-order chi connectivity index (χ0) is 7.98. The normalized spacial score (nSPS) is 13.0. The van der Waals surface area contributed by atoms with E-state index in [4.69, 9.17) is 10.3 Å². The first kappa shape index (κ1) is 9.39. The van der Waals surface area contributed by atoms with Crippen LogP contribution in [0.4, 0.5) is 0 Å². The van der Waals surface area contributed by atoms with Gasteiger partial charge in [0.1, 0.15) is 6.04 Å². The summed E-state index contributed by atoms with van der Waals surface area (Å²) < 4.78 is 0. The third kappa shape index (κ3) is 3.42. The van der Waals surface area contributed by atoms with Crippen LogP contribution in [0.3, 0.4) is 0 Å². The Morgan fingerprint density at radius 2 is 2.30 bits per heavy atom. The lowest BCUT2D eigenvalue weighted by molar-refractivity contribution is -0.142. The van der Waals surface area contributed by atoms with Crippen molar-refractivity contribution in [3.8, 4) is 0 Å². The molecule has 0 aliphatic heterocycles. The number of unbranched alkanes of at least 4 members (excludes halogenated alkanes) is 1. The van der Waals surface area contributed by atoms with Gasteiger partial charge in [0.2, 0.25) is 0 Å². The molecule has 0 bridgehead atoms. The van der Waals surface area contributed by atoms with Gasteiger partial charge < -0.3 is 10.3 Å². The fourth-order valence-electron chi connectivity index (χ4n) is 0.651. The van der Waals surface area contributed by atoms with Crippen molar-refractivity contribution in [2.45, 2.75) is 32.2 Å². The van der Waals surface area contributed by atoms with Gasteiger partial charge in [-0.25, -0.2) is 0 Å². The van der Waals surface area contributed by atoms with Gasteiger partial charge in [-0.3, -0.25) is 4.79 Å². The predicted octanol–water partition coefficient (Wildman–Crippen LogP) is 0.609. The van der Waals surface area contributed by atoms with Crippen molar-refractivity contribution in [1.82, 2.24) is 5.48 Å². The van der Waals surface area contributed by atoms with E-state index in [0.29, 0.717) is 6.42 Å². The third-order valence-corrected chi connectivity index (χ3v) is 1.30. The van der Waals surface area contributed by atoms with Crippen molar-refractivity contribution in [2.75, 3.05) is 0 Å². The van der Waals surface area contributed by atoms with Gasteiger partial charge in [0.05, 0.1) is 0 Å². The molecule has 0 fully saturated rings. The number of carboxylic acid groups (broad SMARTS) is 1. The average molecular weight is 147 g/mol. The van der Waals surface area contributed by atoms with Gasteiger partial charge in [0, 0.05) is 0 Å². The van der Waals surface area contributed by atoms with E-state index in [9.17, 15) is 4.79 Å². The summed E-state index contributed by atoms with van der Waals surface area (Å²) in [5, 5.41) is 16.7. The number of rotatable bonds is 5. The first-order chi connectivity index (χ1) is 4.72. The van der Waals surface area contributed by atoms with Crippen LogP contribution in [0, 0.1) is 0 Å². The maximum Gasteiger partial charge on any atom is 0.323 e. The molecule has 0 aliphatic carbocycles. The Kier molecular flexibility index (Phi) is 4.88. The van der Waals surface area contributed by atoms with Gasteiger partial charge in [-0.1, -0.05) is 19.8 Å². The highest BCUT2D eigenvalue weighted by atomic mass is 16.5. The maximum atomic E-state index is 10.2. The van der Waals surface area contributed by atoms with Crippen molar-refractivity contribution in [1.29, 1.82) is 0 Å². The number of aliphatic carboxylic acids is 1. The number of carbonyl (C=O) groups is 1. The van der Waals surface area contributed by atoms with E-state index in [0.717, 1.165) is 12.8 Å². The molecule has 0 rings (SSSR count). The Balaban J connectivity index is 3.50. The first-order valence-corrected chi connectivity index (χ1v) is 3.34. The molecule has 1 unspecified atom stereocenters. The van der Waals surface area contributed by atoms with Crippen molar-refractivity contribution in [2.24, 2.45) is 0 Å². The number of hydrogen-bond donors (Lipinski definition) is 3. The minimum Gasteiger partial charge on any atom is -0.480 e. The molecule has 10 heavy (non-hydrogen) atoms. The molecule has 1 atom stereocenters. The summed E-state index contributed by atoms with van der Waals surface area (Å²) in [6.07, 6.45) is 2.22. The van der Waals surface area contributed by atoms with Crippen LogP contribution in [0.1, 0.15) is 26.2 Å². The fourth-order valence-corrected chi connectivity index (χ4v) is 0.651. The molecule has 0 aromatic rings. The second-order valence-corrected chi connectivity index (χ2v) is 2.16. The van der Waals surface area contributed by atoms with E-state index >= 15 is 0 Å². The van der Waals surface area contributed by atoms with Crippen molar-refractivity contribution >= 4 is 5.97 Å². The van der Waals surface area contributed by atoms with E-state index in [1.807, 2.05) is 6.92 Å². The maximum absolute atomic E-state index is 10.2. The SMILES string of the molecule is CCCCC(NO)C(=O)O. The minimum absolute atomic E-state index is 0.475. The fraction of sp³-hybridized carbons (Fsp3) is 0.833. The zero-order valence-corrected chi connectivity index (χ0v) is 6.00. The molecule has 3 N–H and O–H groups in total. The second kappa shape index (κ2) is 5.20. The highest BCUT2D eigenvalue weighted by Crippen LogP contribution is 1.99. The number of nitrogens with one attached hydrogen (secondary N) is 1. The lowest BCUT2D eigenvalue weighted by atomic mass is 10.1. The molecule has 0 saturated heterocycles. The summed E-state index contributed by atoms with van der Waals surface area (Å²) in [6, 6.07) is -0.806. The molecule has 0 aromatic heterocycles. The first-order valence-electron chi connectivity index (χ1n) is 3.34. The largest absolute Gasteiger partial charge is 0.480 e. The average Bonchev–Trinajstić information content (AvgIpc) is 1.89. The monoisotopic (exact) mass is 147 g/mol. The van der Waals surface area contributed by atoms with Crippen LogP contribution < -0.4 is 5.48 Å². The number of hydrogen-bond acceptors (Lipinski definition) is 3. The van der Waals surface area contributed by atoms with E-state index < -0.39 is 12.0 Å². The molecule has 4 nitrogen and oxygen atoms in total. The zero-order valence-electron chi connectivity index (χ0n) is 6.00. The molecule has 0 aromatic carbocycles. The van der Waals surface area contributed by atoms with Gasteiger partial charge in [-0.05, 0) is 6.42 Å². The molecule has 0 heterocycles. The lowest BCUT2D eigenvalue weighted by Gasteiger charge is -2.07. The van der Waals surface area contributed by atoms with Crippen LogP contribution >= 0.6 is 0 Å². The van der Waals surface area contributed by atoms with E-state index in [1.165, 1.54) is 0 Å². The Morgan fingerprint density at radius 1 is 1.70 bits per heavy atom. The Hall–Kier alpha value is -0.610. The standard InChI is InChI=1S/C6H13NO3/c1-2-3-4-5(7-10)6(8)9/h5,7,10H,2-4H2,1H3,(H,8,9). The Bertz CT molecular complexity index is 105. The topological polar surface area (TPSA) is 69.6 Å². The summed E-state index contributed by atoms with van der Waals surface area (Å²) in [5.41, 5.74) is 1.74. The van der Waals surface area contributed by atoms with Crippen molar-refractivity contribution in [3.05, 3.63) is 0 Å². The van der Waals surface area contributed by atoms with Gasteiger partial charge in [-0.15, -0.1) is 0 Å². The number of hydroxylamine groups is 1. The quantitative estimate of drug-likeness (QED) is 0.498. The van der Waals surface area contributed by atoms with Gasteiger partial charge in [0.15, 0.2) is 0 Å². The highest BCUT2D eigenvalue weighted by Gasteiger charge is 2.13. The molecule has 4 heteroatoms. The number of carboxylic acids is 1. The van der Waals surface area contributed by atoms with Gasteiger partial charge in [-0.2, -0.15) is 5.48 Å². The molecule has 60 valence electrons. The van der Waals surface area contributed by atoms with Crippen LogP contribution in [0.5, 0.6) is 0 Å². The summed E-state index contributed by atoms with van der Waals surface area (Å²) in [4.78, 5) is 10.2. The van der Waals surface area contributed by atoms with Gasteiger partial charge in [0.25, 0.3) is 0 Å². The van der Waals surface area contributed by atoms with E-state index in [-0.39, 0.29) is 0 Å². The molecule has 0 saturated carbocycles. The van der Waals surface area contributed by atoms with Crippen LogP contribution in [-0.2, 0) is 4.79 Å². The summed E-state index contributed by atoms with van der Waals surface area (Å²) >= 11 is 0. The van der Waals surface area contributed by atoms with Crippen LogP contribution in [0.25, 0.3) is 0 Å². The lowest BCUT2D eigenvalue weighted by Crippen LogP contribution is -2.33. The summed E-state index contributed by atoms with van der Waals surface area (Å²) in [5.74, 6) is -1.00. The van der Waals surface area contributed by atoms with Crippen molar-refractivity contribution < 1.29 is 15.1 Å². The molecule has 0 radical (unpaired) electrons.